The number of hydrogen-bond acceptors (Lipinski definition) is 4. The number of nitrogens with one attached hydrogen (secondary N) is 1. The number of nitrogens with zero attached hydrogens (tertiary/aromatic N) is 2. The van der Waals surface area contributed by atoms with Gasteiger partial charge in [-0.25, -0.2) is 4.68 Å². The molecule has 2 aromatic rings. The van der Waals surface area contributed by atoms with Gasteiger partial charge in [0.1, 0.15) is 5.69 Å². The molecule has 0 aliphatic carbocycles. The van der Waals surface area contributed by atoms with Crippen LogP contribution in [0.15, 0.2) is 34.4 Å². The van der Waals surface area contributed by atoms with Crippen molar-refractivity contribution >= 4 is 17.2 Å². The highest BCUT2D eigenvalue weighted by Crippen LogP contribution is 2.21. The van der Waals surface area contributed by atoms with Gasteiger partial charge in [0.2, 0.25) is 5.91 Å². The van der Waals surface area contributed by atoms with Crippen molar-refractivity contribution in [2.24, 2.45) is 0 Å². The summed E-state index contributed by atoms with van der Waals surface area (Å²) in [6, 6.07) is 7.38. The molecule has 0 saturated carbocycles. The third kappa shape index (κ3) is 4.53. The van der Waals surface area contributed by atoms with Crippen molar-refractivity contribution in [3.05, 3.63) is 40.0 Å². The van der Waals surface area contributed by atoms with Gasteiger partial charge in [0.25, 0.3) is 5.56 Å². The molecule has 0 aliphatic rings. The monoisotopic (exact) mass is 319 g/mol. The second kappa shape index (κ2) is 7.89. The molecule has 1 atom stereocenters. The van der Waals surface area contributed by atoms with Crippen LogP contribution in [-0.4, -0.2) is 21.7 Å². The fraction of sp³-hybridized carbons (Fsp3) is 0.438. The van der Waals surface area contributed by atoms with Crippen LogP contribution >= 0.6 is 11.3 Å². The lowest BCUT2D eigenvalue weighted by molar-refractivity contribution is -0.121. The van der Waals surface area contributed by atoms with Crippen LogP contribution in [0.3, 0.4) is 0 Å². The largest absolute Gasteiger partial charge is 0.354 e. The maximum Gasteiger partial charge on any atom is 0.266 e. The van der Waals surface area contributed by atoms with Crippen molar-refractivity contribution in [1.82, 2.24) is 15.1 Å². The van der Waals surface area contributed by atoms with Crippen molar-refractivity contribution in [1.29, 1.82) is 0 Å². The van der Waals surface area contributed by atoms with Gasteiger partial charge >= 0.3 is 0 Å². The minimum atomic E-state index is -0.136. The predicted molar refractivity (Wildman–Crippen MR) is 88.9 cm³/mol. The predicted octanol–water partition coefficient (Wildman–Crippen LogP) is 2.67. The Morgan fingerprint density at radius 1 is 1.41 bits per heavy atom. The molecule has 22 heavy (non-hydrogen) atoms. The highest BCUT2D eigenvalue weighted by Gasteiger charge is 2.07. The number of rotatable bonds is 7. The van der Waals surface area contributed by atoms with E-state index in [9.17, 15) is 9.59 Å². The van der Waals surface area contributed by atoms with Crippen LogP contribution in [0, 0.1) is 0 Å². The number of amides is 1. The molecular formula is C16H21N3O2S. The Hall–Kier alpha value is -1.95. The smallest absolute Gasteiger partial charge is 0.266 e. The number of aromatic nitrogens is 2. The zero-order valence-corrected chi connectivity index (χ0v) is 13.7. The van der Waals surface area contributed by atoms with Crippen molar-refractivity contribution in [3.8, 4) is 10.6 Å². The lowest BCUT2D eigenvalue weighted by Crippen LogP contribution is -2.32. The van der Waals surface area contributed by atoms with Gasteiger partial charge in [-0.1, -0.05) is 13.0 Å². The summed E-state index contributed by atoms with van der Waals surface area (Å²) in [7, 11) is 0. The fourth-order valence-corrected chi connectivity index (χ4v) is 2.69. The summed E-state index contributed by atoms with van der Waals surface area (Å²) in [6.07, 6.45) is 1.92. The van der Waals surface area contributed by atoms with Crippen molar-refractivity contribution in [2.45, 2.75) is 45.7 Å². The van der Waals surface area contributed by atoms with E-state index in [2.05, 4.69) is 10.4 Å². The second-order valence-corrected chi connectivity index (χ2v) is 6.19. The molecule has 2 aromatic heterocycles. The SMILES string of the molecule is CC[C@H](C)NC(=O)CCCn1nc(-c2cccs2)ccc1=O. The average molecular weight is 319 g/mol. The number of carbonyl (C=O) groups is 1. The average Bonchev–Trinajstić information content (AvgIpc) is 3.03. The minimum Gasteiger partial charge on any atom is -0.354 e. The number of thiophene rings is 1. The summed E-state index contributed by atoms with van der Waals surface area (Å²) >= 11 is 1.59. The van der Waals surface area contributed by atoms with E-state index in [1.54, 1.807) is 17.4 Å². The van der Waals surface area contributed by atoms with Crippen LogP contribution in [0.4, 0.5) is 0 Å². The Bertz CT molecular complexity index is 664. The van der Waals surface area contributed by atoms with Gasteiger partial charge in [-0.3, -0.25) is 9.59 Å². The third-order valence-corrected chi connectivity index (χ3v) is 4.33. The normalized spacial score (nSPS) is 12.1. The van der Waals surface area contributed by atoms with Gasteiger partial charge in [-0.05, 0) is 37.3 Å². The molecule has 1 N–H and O–H groups in total. The van der Waals surface area contributed by atoms with E-state index in [-0.39, 0.29) is 17.5 Å². The first kappa shape index (κ1) is 16.4. The summed E-state index contributed by atoms with van der Waals surface area (Å²) in [6.45, 7) is 4.46. The standard InChI is InChI=1S/C16H21N3O2S/c1-3-12(2)17-15(20)7-4-10-19-16(21)9-8-13(18-19)14-6-5-11-22-14/h5-6,8-9,11-12H,3-4,7,10H2,1-2H3,(H,17,20)/t12-/m0/s1. The zero-order chi connectivity index (χ0) is 15.9. The maximum absolute atomic E-state index is 11.8. The Morgan fingerprint density at radius 3 is 2.91 bits per heavy atom. The van der Waals surface area contributed by atoms with E-state index in [0.29, 0.717) is 19.4 Å². The van der Waals surface area contributed by atoms with Gasteiger partial charge in [0.05, 0.1) is 4.88 Å². The fourth-order valence-electron chi connectivity index (χ4n) is 2.00. The van der Waals surface area contributed by atoms with Crippen molar-refractivity contribution in [2.75, 3.05) is 0 Å². The molecule has 0 fully saturated rings. The molecule has 5 nitrogen and oxygen atoms in total. The summed E-state index contributed by atoms with van der Waals surface area (Å²) in [5.41, 5.74) is 0.654. The number of carbonyl (C=O) groups excluding carboxylic acids is 1. The van der Waals surface area contributed by atoms with Crippen LogP contribution in [0.5, 0.6) is 0 Å². The maximum atomic E-state index is 11.8. The molecule has 2 heterocycles. The van der Waals surface area contributed by atoms with Crippen LogP contribution in [0.2, 0.25) is 0 Å². The lowest BCUT2D eigenvalue weighted by atomic mass is 10.2. The minimum absolute atomic E-state index is 0.0248. The first-order chi connectivity index (χ1) is 10.6. The molecule has 0 radical (unpaired) electrons. The molecule has 0 saturated heterocycles. The number of aryl methyl sites for hydroxylation is 1. The summed E-state index contributed by atoms with van der Waals surface area (Å²) in [5, 5.41) is 9.27. The first-order valence-corrected chi connectivity index (χ1v) is 8.39. The molecule has 0 aromatic carbocycles. The molecular weight excluding hydrogens is 298 g/mol. The third-order valence-electron chi connectivity index (χ3n) is 3.43. The molecule has 2 rings (SSSR count). The van der Waals surface area contributed by atoms with Crippen LogP contribution in [-0.2, 0) is 11.3 Å². The van der Waals surface area contributed by atoms with E-state index < -0.39 is 0 Å². The highest BCUT2D eigenvalue weighted by molar-refractivity contribution is 7.13. The Kier molecular flexibility index (Phi) is 5.89. The van der Waals surface area contributed by atoms with Crippen LogP contribution in [0.25, 0.3) is 10.6 Å². The topological polar surface area (TPSA) is 64.0 Å². The van der Waals surface area contributed by atoms with Gasteiger partial charge < -0.3 is 5.32 Å². The van der Waals surface area contributed by atoms with Crippen LogP contribution < -0.4 is 10.9 Å². The Morgan fingerprint density at radius 2 is 2.23 bits per heavy atom. The second-order valence-electron chi connectivity index (χ2n) is 5.24. The van der Waals surface area contributed by atoms with Gasteiger partial charge in [-0.2, -0.15) is 5.10 Å². The molecule has 0 aliphatic heterocycles. The summed E-state index contributed by atoms with van der Waals surface area (Å²) in [5.74, 6) is 0.0248. The first-order valence-electron chi connectivity index (χ1n) is 7.51. The quantitative estimate of drug-likeness (QED) is 0.853. The lowest BCUT2D eigenvalue weighted by Gasteiger charge is -2.11. The molecule has 1 amide bonds. The van der Waals surface area contributed by atoms with E-state index in [1.807, 2.05) is 31.4 Å². The van der Waals surface area contributed by atoms with E-state index in [4.69, 9.17) is 0 Å². The molecule has 0 bridgehead atoms. The van der Waals surface area contributed by atoms with Crippen molar-refractivity contribution < 1.29 is 4.79 Å². The van der Waals surface area contributed by atoms with E-state index in [1.165, 1.54) is 10.7 Å². The summed E-state index contributed by atoms with van der Waals surface area (Å²) in [4.78, 5) is 24.6. The highest BCUT2D eigenvalue weighted by atomic mass is 32.1. The number of hydrogen-bond donors (Lipinski definition) is 1. The van der Waals surface area contributed by atoms with Crippen molar-refractivity contribution in [3.63, 3.8) is 0 Å². The van der Waals surface area contributed by atoms with Gasteiger partial charge in [-0.15, -0.1) is 11.3 Å². The van der Waals surface area contributed by atoms with E-state index in [0.717, 1.165) is 17.0 Å². The van der Waals surface area contributed by atoms with Gasteiger partial charge in [0.15, 0.2) is 0 Å². The summed E-state index contributed by atoms with van der Waals surface area (Å²) < 4.78 is 1.44. The molecule has 118 valence electrons. The Balaban J connectivity index is 1.94. The molecule has 0 spiro atoms. The van der Waals surface area contributed by atoms with Crippen LogP contribution in [0.1, 0.15) is 33.1 Å². The van der Waals surface area contributed by atoms with Gasteiger partial charge in [0, 0.05) is 25.1 Å². The van der Waals surface area contributed by atoms with E-state index >= 15 is 0 Å². The molecule has 0 unspecified atom stereocenters. The Labute approximate surface area is 134 Å². The zero-order valence-electron chi connectivity index (χ0n) is 12.9. The molecule has 6 heteroatoms.